The molecule has 32 heavy (non-hydrogen) atoms. The fourth-order valence-corrected chi connectivity index (χ4v) is 2.37. The predicted molar refractivity (Wildman–Crippen MR) is 105 cm³/mol. The number of hydrogen-bond donors (Lipinski definition) is 4. The number of rotatable bonds is 16. The van der Waals surface area contributed by atoms with Gasteiger partial charge in [0.1, 0.15) is 0 Å². The molecule has 0 spiro atoms. The van der Waals surface area contributed by atoms with E-state index in [1.54, 1.807) is 0 Å². The summed E-state index contributed by atoms with van der Waals surface area (Å²) in [5.74, 6) is -6.83. The Kier molecular flexibility index (Phi) is 15.9. The van der Waals surface area contributed by atoms with Crippen molar-refractivity contribution in [1.82, 2.24) is 0 Å². The first-order valence-electron chi connectivity index (χ1n) is 10.4. The first kappa shape index (κ1) is 29.6. The minimum absolute atomic E-state index is 0.0814. The number of carbonyl (C=O) groups excluding carboxylic acids is 5. The molecule has 0 aromatic rings. The van der Waals surface area contributed by atoms with Crippen LogP contribution in [-0.2, 0) is 38.2 Å². The van der Waals surface area contributed by atoms with Gasteiger partial charge >= 0.3 is 29.8 Å². The molecular formula is C20H32O12. The number of esters is 5. The molecule has 3 unspecified atom stereocenters. The van der Waals surface area contributed by atoms with E-state index in [0.717, 1.165) is 38.5 Å². The lowest BCUT2D eigenvalue weighted by Gasteiger charge is -2.16. The van der Waals surface area contributed by atoms with E-state index >= 15 is 0 Å². The zero-order valence-corrected chi connectivity index (χ0v) is 18.1. The van der Waals surface area contributed by atoms with Crippen LogP contribution >= 0.6 is 0 Å². The molecule has 0 fully saturated rings. The fraction of sp³-hybridized carbons (Fsp3) is 0.750. The molecule has 0 saturated heterocycles. The average molecular weight is 464 g/mol. The van der Waals surface area contributed by atoms with E-state index in [-0.39, 0.29) is 6.42 Å². The third kappa shape index (κ3) is 13.1. The molecule has 0 aromatic heterocycles. The van der Waals surface area contributed by atoms with Gasteiger partial charge in [-0.1, -0.05) is 45.4 Å². The molecule has 3 atom stereocenters. The first-order chi connectivity index (χ1) is 15.2. The third-order valence-electron chi connectivity index (χ3n) is 4.18. The van der Waals surface area contributed by atoms with E-state index in [9.17, 15) is 29.1 Å². The van der Waals surface area contributed by atoms with Crippen LogP contribution < -0.4 is 0 Å². The van der Waals surface area contributed by atoms with Crippen LogP contribution in [0.3, 0.4) is 0 Å². The third-order valence-corrected chi connectivity index (χ3v) is 4.18. The lowest BCUT2D eigenvalue weighted by Crippen LogP contribution is -2.38. The minimum atomic E-state index is -2.03. The van der Waals surface area contributed by atoms with Gasteiger partial charge < -0.3 is 34.6 Å². The van der Waals surface area contributed by atoms with E-state index in [0.29, 0.717) is 6.42 Å². The summed E-state index contributed by atoms with van der Waals surface area (Å²) in [5, 5.41) is 35.7. The van der Waals surface area contributed by atoms with Gasteiger partial charge in [0.05, 0.1) is 19.6 Å². The molecule has 0 rings (SSSR count). The summed E-state index contributed by atoms with van der Waals surface area (Å²) in [7, 11) is 0. The molecule has 12 nitrogen and oxygen atoms in total. The van der Waals surface area contributed by atoms with Crippen molar-refractivity contribution in [3.05, 3.63) is 0 Å². The Hall–Kier alpha value is -2.41. The molecule has 0 aliphatic carbocycles. The van der Waals surface area contributed by atoms with Gasteiger partial charge in [0.2, 0.25) is 6.10 Å². The lowest BCUT2D eigenvalue weighted by atomic mass is 10.1. The lowest BCUT2D eigenvalue weighted by molar-refractivity contribution is -0.182. The molecule has 0 heterocycles. The van der Waals surface area contributed by atoms with Gasteiger partial charge in [0.15, 0.2) is 12.2 Å². The zero-order valence-electron chi connectivity index (χ0n) is 18.1. The second-order valence-corrected chi connectivity index (χ2v) is 6.98. The smallest absolute Gasteiger partial charge is 0.355 e. The minimum Gasteiger partial charge on any atom is -0.450 e. The van der Waals surface area contributed by atoms with Crippen molar-refractivity contribution in [2.24, 2.45) is 0 Å². The number of unbranched alkanes of at least 4 members (excludes halogenated alkanes) is 6. The van der Waals surface area contributed by atoms with E-state index < -0.39 is 67.8 Å². The highest BCUT2D eigenvalue weighted by Gasteiger charge is 2.33. The van der Waals surface area contributed by atoms with Gasteiger partial charge in [-0.25, -0.2) is 14.4 Å². The average Bonchev–Trinajstić information content (AvgIpc) is 2.76. The standard InChI is InChI=1S/C20H32O12/c1-2-3-4-5-6-7-8-9-16(25)30-15(20(29)32-19(28)14(24)12-22)10-17(26)31-18(27)13(23)11-21/h13-15,21-24H,2-12H2,1H3. The van der Waals surface area contributed by atoms with E-state index in [1.165, 1.54) is 0 Å². The molecule has 4 N–H and O–H groups in total. The quantitative estimate of drug-likeness (QED) is 0.0970. The van der Waals surface area contributed by atoms with Crippen LogP contribution in [0.2, 0.25) is 0 Å². The van der Waals surface area contributed by atoms with E-state index in [4.69, 9.17) is 20.1 Å². The van der Waals surface area contributed by atoms with Gasteiger partial charge in [-0.15, -0.1) is 0 Å². The second kappa shape index (κ2) is 17.2. The molecule has 0 amide bonds. The van der Waals surface area contributed by atoms with Crippen molar-refractivity contribution in [2.45, 2.75) is 83.0 Å². The van der Waals surface area contributed by atoms with Crippen molar-refractivity contribution < 1.29 is 58.6 Å². The summed E-state index contributed by atoms with van der Waals surface area (Å²) < 4.78 is 13.4. The maximum absolute atomic E-state index is 12.1. The largest absolute Gasteiger partial charge is 0.450 e. The van der Waals surface area contributed by atoms with Gasteiger partial charge in [-0.2, -0.15) is 0 Å². The first-order valence-corrected chi connectivity index (χ1v) is 10.4. The highest BCUT2D eigenvalue weighted by molar-refractivity contribution is 5.94. The number of ether oxygens (including phenoxy) is 3. The molecule has 184 valence electrons. The SMILES string of the molecule is CCCCCCCCCC(=O)OC(CC(=O)OC(=O)C(O)CO)C(=O)OC(=O)C(O)CO. The normalized spacial score (nSPS) is 13.5. The summed E-state index contributed by atoms with van der Waals surface area (Å²) in [5.41, 5.74) is 0. The fourth-order valence-electron chi connectivity index (χ4n) is 2.37. The van der Waals surface area contributed by atoms with Crippen molar-refractivity contribution in [1.29, 1.82) is 0 Å². The van der Waals surface area contributed by atoms with E-state index in [2.05, 4.69) is 16.4 Å². The topological polar surface area (TPSA) is 194 Å². The Morgan fingerprint density at radius 2 is 1.19 bits per heavy atom. The summed E-state index contributed by atoms with van der Waals surface area (Å²) in [6, 6.07) is 0. The maximum Gasteiger partial charge on any atom is 0.355 e. The molecule has 12 heteroatoms. The van der Waals surface area contributed by atoms with Gasteiger partial charge in [-0.05, 0) is 6.42 Å². The molecular weight excluding hydrogens is 432 g/mol. The highest BCUT2D eigenvalue weighted by atomic mass is 16.6. The van der Waals surface area contributed by atoms with Crippen LogP contribution in [0.15, 0.2) is 0 Å². The van der Waals surface area contributed by atoms with Crippen LogP contribution in [-0.4, -0.2) is 81.8 Å². The Morgan fingerprint density at radius 3 is 1.72 bits per heavy atom. The van der Waals surface area contributed by atoms with Crippen LogP contribution in [0.25, 0.3) is 0 Å². The molecule has 0 aromatic carbocycles. The number of carbonyl (C=O) groups is 5. The van der Waals surface area contributed by atoms with Crippen LogP contribution in [0.4, 0.5) is 0 Å². The van der Waals surface area contributed by atoms with Gasteiger partial charge in [0.25, 0.3) is 0 Å². The summed E-state index contributed by atoms with van der Waals surface area (Å²) >= 11 is 0. The monoisotopic (exact) mass is 464 g/mol. The Morgan fingerprint density at radius 1 is 0.688 bits per heavy atom. The van der Waals surface area contributed by atoms with Crippen LogP contribution in [0.1, 0.15) is 64.7 Å². The summed E-state index contributed by atoms with van der Waals surface area (Å²) in [6.07, 6.45) is -0.663. The van der Waals surface area contributed by atoms with Crippen molar-refractivity contribution >= 4 is 29.8 Å². The highest BCUT2D eigenvalue weighted by Crippen LogP contribution is 2.12. The van der Waals surface area contributed by atoms with Gasteiger partial charge in [-0.3, -0.25) is 9.59 Å². The predicted octanol–water partition coefficient (Wildman–Crippen LogP) is -0.725. The van der Waals surface area contributed by atoms with E-state index in [1.807, 2.05) is 0 Å². The molecule has 0 aliphatic heterocycles. The van der Waals surface area contributed by atoms with Crippen LogP contribution in [0.5, 0.6) is 0 Å². The number of hydrogen-bond acceptors (Lipinski definition) is 12. The van der Waals surface area contributed by atoms with Crippen molar-refractivity contribution in [2.75, 3.05) is 13.2 Å². The molecule has 0 aliphatic rings. The van der Waals surface area contributed by atoms with Crippen molar-refractivity contribution in [3.63, 3.8) is 0 Å². The molecule has 0 bridgehead atoms. The van der Waals surface area contributed by atoms with Crippen molar-refractivity contribution in [3.8, 4) is 0 Å². The Bertz CT molecular complexity index is 618. The molecule has 0 radical (unpaired) electrons. The maximum atomic E-state index is 12.1. The molecule has 0 saturated carbocycles. The summed E-state index contributed by atoms with van der Waals surface area (Å²) in [6.45, 7) is 0.0406. The zero-order chi connectivity index (χ0) is 24.5. The number of aliphatic hydroxyl groups excluding tert-OH is 4. The Labute approximate surface area is 185 Å². The van der Waals surface area contributed by atoms with Crippen LogP contribution in [0, 0.1) is 0 Å². The second-order valence-electron chi connectivity index (χ2n) is 6.98. The summed E-state index contributed by atoms with van der Waals surface area (Å²) in [4.78, 5) is 58.8. The Balaban J connectivity index is 4.85. The number of aliphatic hydroxyl groups is 4. The van der Waals surface area contributed by atoms with Gasteiger partial charge in [0, 0.05) is 6.42 Å².